The third kappa shape index (κ3) is 6.31. The van der Waals surface area contributed by atoms with E-state index in [4.69, 9.17) is 20.8 Å². The zero-order valence-corrected chi connectivity index (χ0v) is 12.6. The van der Waals surface area contributed by atoms with E-state index in [2.05, 4.69) is 5.32 Å². The van der Waals surface area contributed by atoms with Crippen LogP contribution in [0.3, 0.4) is 0 Å². The second-order valence-electron chi connectivity index (χ2n) is 4.83. The summed E-state index contributed by atoms with van der Waals surface area (Å²) in [4.78, 5) is 0. The van der Waals surface area contributed by atoms with Crippen molar-refractivity contribution in [2.45, 2.75) is 19.1 Å². The van der Waals surface area contributed by atoms with Crippen LogP contribution in [0.1, 0.15) is 11.3 Å². The quantitative estimate of drug-likeness (QED) is 0.699. The minimum Gasteiger partial charge on any atom is -0.467 e. The molecule has 0 aliphatic heterocycles. The van der Waals surface area contributed by atoms with E-state index in [-0.39, 0.29) is 6.61 Å². The van der Waals surface area contributed by atoms with Gasteiger partial charge in [-0.3, -0.25) is 0 Å². The topological polar surface area (TPSA) is 54.6 Å². The molecule has 0 saturated heterocycles. The zero-order valence-electron chi connectivity index (χ0n) is 11.8. The Labute approximate surface area is 129 Å². The Bertz CT molecular complexity index is 499. The van der Waals surface area contributed by atoms with Crippen LogP contribution in [-0.2, 0) is 17.8 Å². The number of furan rings is 1. The smallest absolute Gasteiger partial charge is 0.129 e. The van der Waals surface area contributed by atoms with E-state index in [0.29, 0.717) is 13.2 Å². The van der Waals surface area contributed by atoms with Crippen LogP contribution in [0.25, 0.3) is 0 Å². The number of benzene rings is 1. The molecule has 2 rings (SSSR count). The minimum absolute atomic E-state index is 0.286. The highest BCUT2D eigenvalue weighted by molar-refractivity contribution is 6.30. The van der Waals surface area contributed by atoms with Gasteiger partial charge in [-0.2, -0.15) is 0 Å². The van der Waals surface area contributed by atoms with Gasteiger partial charge in [0.25, 0.3) is 0 Å². The van der Waals surface area contributed by atoms with E-state index in [1.165, 1.54) is 5.56 Å². The average Bonchev–Trinajstić information content (AvgIpc) is 2.99. The molecule has 2 aromatic rings. The summed E-state index contributed by atoms with van der Waals surface area (Å²) in [5.41, 5.74) is 1.22. The van der Waals surface area contributed by atoms with Crippen LogP contribution in [0.4, 0.5) is 0 Å². The van der Waals surface area contributed by atoms with Gasteiger partial charge in [0, 0.05) is 11.6 Å². The van der Waals surface area contributed by atoms with Gasteiger partial charge >= 0.3 is 0 Å². The first-order chi connectivity index (χ1) is 10.2. The lowest BCUT2D eigenvalue weighted by Crippen LogP contribution is -2.31. The summed E-state index contributed by atoms with van der Waals surface area (Å²) in [7, 11) is 0. The minimum atomic E-state index is -0.523. The molecule has 2 N–H and O–H groups in total. The Hall–Kier alpha value is -1.33. The molecule has 0 aliphatic carbocycles. The highest BCUT2D eigenvalue weighted by Crippen LogP contribution is 2.09. The lowest BCUT2D eigenvalue weighted by atomic mass is 10.1. The Balaban J connectivity index is 1.52. The number of ether oxygens (including phenoxy) is 1. The fourth-order valence-electron chi connectivity index (χ4n) is 1.90. The van der Waals surface area contributed by atoms with Gasteiger partial charge in [0.1, 0.15) is 12.4 Å². The van der Waals surface area contributed by atoms with Gasteiger partial charge in [0.05, 0.1) is 19.0 Å². The molecule has 1 heterocycles. The molecule has 0 bridgehead atoms. The third-order valence-corrected chi connectivity index (χ3v) is 3.27. The monoisotopic (exact) mass is 309 g/mol. The molecule has 0 radical (unpaired) electrons. The highest BCUT2D eigenvalue weighted by atomic mass is 35.5. The fourth-order valence-corrected chi connectivity index (χ4v) is 2.03. The van der Waals surface area contributed by atoms with Crippen LogP contribution >= 0.6 is 11.6 Å². The molecular formula is C16H20ClNO3. The molecule has 0 fully saturated rings. The van der Waals surface area contributed by atoms with Crippen molar-refractivity contribution in [1.29, 1.82) is 0 Å². The third-order valence-electron chi connectivity index (χ3n) is 3.02. The van der Waals surface area contributed by atoms with Gasteiger partial charge in [-0.05, 0) is 42.8 Å². The second kappa shape index (κ2) is 8.85. The molecule has 0 aliphatic rings. The Morgan fingerprint density at radius 3 is 2.76 bits per heavy atom. The SMILES string of the molecule is O[C@H](CNCCc1ccc(Cl)cc1)COCc1ccco1. The Morgan fingerprint density at radius 2 is 2.05 bits per heavy atom. The predicted octanol–water partition coefficient (Wildman–Crippen LogP) is 2.64. The molecule has 5 heteroatoms. The number of nitrogens with one attached hydrogen (secondary N) is 1. The van der Waals surface area contributed by atoms with E-state index in [9.17, 15) is 5.11 Å². The maximum Gasteiger partial charge on any atom is 0.129 e. The summed E-state index contributed by atoms with van der Waals surface area (Å²) in [6.45, 7) is 1.98. The first kappa shape index (κ1) is 16.0. The van der Waals surface area contributed by atoms with E-state index in [1.807, 2.05) is 36.4 Å². The van der Waals surface area contributed by atoms with E-state index in [1.54, 1.807) is 6.26 Å². The van der Waals surface area contributed by atoms with Crippen LogP contribution in [0.5, 0.6) is 0 Å². The molecule has 21 heavy (non-hydrogen) atoms. The number of halogens is 1. The molecule has 1 aromatic heterocycles. The summed E-state index contributed by atoms with van der Waals surface area (Å²) in [5, 5.41) is 13.7. The molecular weight excluding hydrogens is 290 g/mol. The molecule has 0 amide bonds. The Morgan fingerprint density at radius 1 is 1.24 bits per heavy atom. The largest absolute Gasteiger partial charge is 0.467 e. The second-order valence-corrected chi connectivity index (χ2v) is 5.27. The van der Waals surface area contributed by atoms with Gasteiger partial charge in [-0.15, -0.1) is 0 Å². The summed E-state index contributed by atoms with van der Waals surface area (Å²) in [6.07, 6.45) is 1.98. The number of hydrogen-bond acceptors (Lipinski definition) is 4. The molecule has 1 aromatic carbocycles. The van der Waals surface area contributed by atoms with Crippen LogP contribution in [0.15, 0.2) is 47.1 Å². The summed E-state index contributed by atoms with van der Waals surface area (Å²) >= 11 is 5.83. The summed E-state index contributed by atoms with van der Waals surface area (Å²) in [6, 6.07) is 11.4. The molecule has 4 nitrogen and oxygen atoms in total. The number of rotatable bonds is 9. The molecule has 0 saturated carbocycles. The number of aliphatic hydroxyl groups excluding tert-OH is 1. The summed E-state index contributed by atoms with van der Waals surface area (Å²) < 4.78 is 10.5. The van der Waals surface area contributed by atoms with Crippen molar-refractivity contribution < 1.29 is 14.3 Å². The van der Waals surface area contributed by atoms with Crippen molar-refractivity contribution in [1.82, 2.24) is 5.32 Å². The van der Waals surface area contributed by atoms with Gasteiger partial charge in [0.2, 0.25) is 0 Å². The van der Waals surface area contributed by atoms with Crippen molar-refractivity contribution in [2.75, 3.05) is 19.7 Å². The molecule has 0 unspecified atom stereocenters. The first-order valence-corrected chi connectivity index (χ1v) is 7.35. The van der Waals surface area contributed by atoms with Gasteiger partial charge < -0.3 is 19.6 Å². The van der Waals surface area contributed by atoms with Gasteiger partial charge in [-0.25, -0.2) is 0 Å². The van der Waals surface area contributed by atoms with Crippen LogP contribution in [-0.4, -0.2) is 30.9 Å². The predicted molar refractivity (Wildman–Crippen MR) is 82.4 cm³/mol. The Kier molecular flexibility index (Phi) is 6.76. The average molecular weight is 310 g/mol. The number of aliphatic hydroxyl groups is 1. The van der Waals surface area contributed by atoms with E-state index in [0.717, 1.165) is 23.7 Å². The van der Waals surface area contributed by atoms with Crippen molar-refractivity contribution in [3.8, 4) is 0 Å². The maximum absolute atomic E-state index is 9.78. The molecule has 114 valence electrons. The standard InChI is InChI=1S/C16H20ClNO3/c17-14-5-3-13(4-6-14)7-8-18-10-15(19)11-20-12-16-2-1-9-21-16/h1-6,9,15,18-19H,7-8,10-12H2/t15-/m1/s1. The zero-order chi connectivity index (χ0) is 14.9. The van der Waals surface area contributed by atoms with Gasteiger partial charge in [-0.1, -0.05) is 23.7 Å². The maximum atomic E-state index is 9.78. The fraction of sp³-hybridized carbons (Fsp3) is 0.375. The van der Waals surface area contributed by atoms with E-state index >= 15 is 0 Å². The number of hydrogen-bond donors (Lipinski definition) is 2. The highest BCUT2D eigenvalue weighted by Gasteiger charge is 2.04. The van der Waals surface area contributed by atoms with Gasteiger partial charge in [0.15, 0.2) is 0 Å². The van der Waals surface area contributed by atoms with Crippen molar-refractivity contribution in [3.05, 3.63) is 59.0 Å². The van der Waals surface area contributed by atoms with Crippen molar-refractivity contribution >= 4 is 11.6 Å². The van der Waals surface area contributed by atoms with Crippen LogP contribution < -0.4 is 5.32 Å². The lowest BCUT2D eigenvalue weighted by Gasteiger charge is -2.12. The molecule has 0 spiro atoms. The van der Waals surface area contributed by atoms with Crippen LogP contribution in [0.2, 0.25) is 5.02 Å². The molecule has 1 atom stereocenters. The lowest BCUT2D eigenvalue weighted by molar-refractivity contribution is 0.0228. The van der Waals surface area contributed by atoms with Crippen molar-refractivity contribution in [3.63, 3.8) is 0 Å². The first-order valence-electron chi connectivity index (χ1n) is 6.97. The van der Waals surface area contributed by atoms with E-state index < -0.39 is 6.10 Å². The van der Waals surface area contributed by atoms with Crippen LogP contribution in [0, 0.1) is 0 Å². The summed E-state index contributed by atoms with van der Waals surface area (Å²) in [5.74, 6) is 0.762. The van der Waals surface area contributed by atoms with Crippen molar-refractivity contribution in [2.24, 2.45) is 0 Å². The normalized spacial score (nSPS) is 12.5.